The molecular formula is C14H16N2O4S. The molecule has 112 valence electrons. The molecule has 0 aliphatic carbocycles. The second-order valence-corrected chi connectivity index (χ2v) is 7.02. The summed E-state index contributed by atoms with van der Waals surface area (Å²) < 4.78 is 24.4. The summed E-state index contributed by atoms with van der Waals surface area (Å²) in [5, 5.41) is 12.3. The van der Waals surface area contributed by atoms with E-state index in [-0.39, 0.29) is 22.7 Å². The third-order valence-electron chi connectivity index (χ3n) is 3.04. The van der Waals surface area contributed by atoms with Crippen LogP contribution in [0.3, 0.4) is 0 Å². The number of Topliss-reactive ketones (excluding diaryl/α,β-unsaturated/α-hetero) is 1. The molecule has 0 saturated heterocycles. The molecular weight excluding hydrogens is 292 g/mol. The van der Waals surface area contributed by atoms with E-state index in [1.807, 2.05) is 0 Å². The number of carbonyl (C=O) groups excluding carboxylic acids is 1. The molecule has 2 aromatic rings. The number of sulfone groups is 1. The van der Waals surface area contributed by atoms with E-state index >= 15 is 0 Å². The molecule has 21 heavy (non-hydrogen) atoms. The van der Waals surface area contributed by atoms with Gasteiger partial charge in [-0.1, -0.05) is 19.1 Å². The van der Waals surface area contributed by atoms with E-state index in [1.54, 1.807) is 31.2 Å². The zero-order chi connectivity index (χ0) is 15.6. The summed E-state index contributed by atoms with van der Waals surface area (Å²) in [6.07, 6.45) is 0.475. The van der Waals surface area contributed by atoms with Gasteiger partial charge < -0.3 is 5.21 Å². The quantitative estimate of drug-likeness (QED) is 0.473. The van der Waals surface area contributed by atoms with Crippen LogP contribution in [0.1, 0.15) is 36.5 Å². The highest BCUT2D eigenvalue weighted by molar-refractivity contribution is 7.90. The molecule has 2 rings (SSSR count). The highest BCUT2D eigenvalue weighted by atomic mass is 32.2. The maximum absolute atomic E-state index is 12.3. The number of hydrogen-bond acceptors (Lipinski definition) is 5. The lowest BCUT2D eigenvalue weighted by Gasteiger charge is -2.10. The van der Waals surface area contributed by atoms with Crippen molar-refractivity contribution >= 4 is 26.7 Å². The topological polar surface area (TPSA) is 91.0 Å². The molecule has 0 aliphatic heterocycles. The van der Waals surface area contributed by atoms with Crippen molar-refractivity contribution in [3.8, 4) is 0 Å². The van der Waals surface area contributed by atoms with Crippen molar-refractivity contribution in [3.05, 3.63) is 40.9 Å². The van der Waals surface area contributed by atoms with Gasteiger partial charge in [0.2, 0.25) is 11.3 Å². The molecule has 0 bridgehead atoms. The van der Waals surface area contributed by atoms with Crippen molar-refractivity contribution in [1.82, 2.24) is 4.98 Å². The predicted octanol–water partition coefficient (Wildman–Crippen LogP) is 1.40. The predicted molar refractivity (Wildman–Crippen MR) is 78.5 cm³/mol. The van der Waals surface area contributed by atoms with Gasteiger partial charge in [0.25, 0.3) is 5.69 Å². The Morgan fingerprint density at radius 1 is 1.33 bits per heavy atom. The summed E-state index contributed by atoms with van der Waals surface area (Å²) in [4.78, 5) is 15.9. The minimum Gasteiger partial charge on any atom is -0.618 e. The van der Waals surface area contributed by atoms with Crippen LogP contribution in [-0.4, -0.2) is 24.9 Å². The second kappa shape index (κ2) is 5.77. The minimum atomic E-state index is -3.39. The van der Waals surface area contributed by atoms with Gasteiger partial charge in [-0.2, -0.15) is 4.73 Å². The summed E-state index contributed by atoms with van der Waals surface area (Å²) in [5.74, 6) is -0.898. The SMILES string of the molecule is CCCS(=O)(=O)Cc1nc2ccccc2[n+]([O-])c1C(C)=O. The Kier molecular flexibility index (Phi) is 4.22. The lowest BCUT2D eigenvalue weighted by molar-refractivity contribution is -0.580. The number of benzene rings is 1. The first-order valence-corrected chi connectivity index (χ1v) is 8.40. The van der Waals surface area contributed by atoms with Crippen LogP contribution in [0.5, 0.6) is 0 Å². The third kappa shape index (κ3) is 3.18. The molecule has 0 atom stereocenters. The Morgan fingerprint density at radius 2 is 2.00 bits per heavy atom. The molecule has 0 spiro atoms. The van der Waals surface area contributed by atoms with Gasteiger partial charge in [-0.25, -0.2) is 13.4 Å². The van der Waals surface area contributed by atoms with E-state index in [0.717, 1.165) is 0 Å². The van der Waals surface area contributed by atoms with Crippen LogP contribution < -0.4 is 4.73 Å². The number of aromatic nitrogens is 2. The Bertz CT molecular complexity index is 800. The highest BCUT2D eigenvalue weighted by Gasteiger charge is 2.26. The van der Waals surface area contributed by atoms with Crippen LogP contribution >= 0.6 is 0 Å². The van der Waals surface area contributed by atoms with Crippen molar-refractivity contribution in [2.45, 2.75) is 26.0 Å². The zero-order valence-electron chi connectivity index (χ0n) is 11.9. The molecule has 0 aliphatic rings. The number of rotatable bonds is 5. The van der Waals surface area contributed by atoms with Gasteiger partial charge in [0.1, 0.15) is 11.2 Å². The lowest BCUT2D eigenvalue weighted by atomic mass is 10.2. The summed E-state index contributed by atoms with van der Waals surface area (Å²) in [5.41, 5.74) is 0.441. The van der Waals surface area contributed by atoms with Crippen molar-refractivity contribution in [2.75, 3.05) is 5.75 Å². The summed E-state index contributed by atoms with van der Waals surface area (Å²) in [7, 11) is -3.39. The number of fused-ring (bicyclic) bond motifs is 1. The maximum atomic E-state index is 12.3. The van der Waals surface area contributed by atoms with E-state index in [2.05, 4.69) is 4.98 Å². The molecule has 0 saturated carbocycles. The third-order valence-corrected chi connectivity index (χ3v) is 4.78. The van der Waals surface area contributed by atoms with Gasteiger partial charge in [0.05, 0.1) is 11.5 Å². The van der Waals surface area contributed by atoms with Crippen molar-refractivity contribution in [3.63, 3.8) is 0 Å². The smallest absolute Gasteiger partial charge is 0.282 e. The molecule has 0 unspecified atom stereocenters. The number of hydrogen-bond donors (Lipinski definition) is 0. The normalized spacial score (nSPS) is 11.7. The van der Waals surface area contributed by atoms with E-state index in [0.29, 0.717) is 16.7 Å². The summed E-state index contributed by atoms with van der Waals surface area (Å²) in [6.45, 7) is 2.99. The Labute approximate surface area is 122 Å². The van der Waals surface area contributed by atoms with Crippen molar-refractivity contribution in [2.24, 2.45) is 0 Å². The van der Waals surface area contributed by atoms with Gasteiger partial charge in [-0.05, 0) is 12.5 Å². The molecule has 0 radical (unpaired) electrons. The number of nitrogens with zero attached hydrogens (tertiary/aromatic N) is 2. The number of para-hydroxylation sites is 2. The van der Waals surface area contributed by atoms with Gasteiger partial charge in [-0.3, -0.25) is 4.79 Å². The lowest BCUT2D eigenvalue weighted by Crippen LogP contribution is -2.37. The zero-order valence-corrected chi connectivity index (χ0v) is 12.7. The highest BCUT2D eigenvalue weighted by Crippen LogP contribution is 2.14. The van der Waals surface area contributed by atoms with Gasteiger partial charge in [-0.15, -0.1) is 0 Å². The van der Waals surface area contributed by atoms with Crippen LogP contribution in [0.15, 0.2) is 24.3 Å². The molecule has 1 aromatic carbocycles. The Morgan fingerprint density at radius 3 is 2.62 bits per heavy atom. The molecule has 0 amide bonds. The molecule has 0 fully saturated rings. The van der Waals surface area contributed by atoms with E-state index < -0.39 is 21.4 Å². The molecule has 1 aromatic heterocycles. The average molecular weight is 308 g/mol. The van der Waals surface area contributed by atoms with Crippen LogP contribution in [0, 0.1) is 5.21 Å². The summed E-state index contributed by atoms with van der Waals surface area (Å²) in [6, 6.07) is 6.53. The van der Waals surface area contributed by atoms with Crippen LogP contribution in [0.4, 0.5) is 0 Å². The van der Waals surface area contributed by atoms with E-state index in [9.17, 15) is 18.4 Å². The largest absolute Gasteiger partial charge is 0.618 e. The van der Waals surface area contributed by atoms with Crippen molar-refractivity contribution < 1.29 is 17.9 Å². The van der Waals surface area contributed by atoms with Crippen LogP contribution in [-0.2, 0) is 15.6 Å². The molecule has 0 N–H and O–H groups in total. The number of carbonyl (C=O) groups is 1. The van der Waals surface area contributed by atoms with Crippen LogP contribution in [0.2, 0.25) is 0 Å². The molecule has 1 heterocycles. The fourth-order valence-corrected chi connectivity index (χ4v) is 3.59. The first kappa shape index (κ1) is 15.4. The van der Waals surface area contributed by atoms with Crippen LogP contribution in [0.25, 0.3) is 11.0 Å². The first-order valence-electron chi connectivity index (χ1n) is 6.58. The Balaban J connectivity index is 2.67. The fourth-order valence-electron chi connectivity index (χ4n) is 2.20. The average Bonchev–Trinajstić information content (AvgIpc) is 2.37. The summed E-state index contributed by atoms with van der Waals surface area (Å²) >= 11 is 0. The minimum absolute atomic E-state index is 0.00227. The monoisotopic (exact) mass is 308 g/mol. The molecule has 6 nitrogen and oxygen atoms in total. The van der Waals surface area contributed by atoms with Gasteiger partial charge in [0.15, 0.2) is 9.84 Å². The first-order chi connectivity index (χ1) is 9.85. The molecule has 7 heteroatoms. The Hall–Kier alpha value is -2.02. The maximum Gasteiger partial charge on any atom is 0.282 e. The number of ketones is 1. The van der Waals surface area contributed by atoms with E-state index in [4.69, 9.17) is 0 Å². The van der Waals surface area contributed by atoms with Gasteiger partial charge >= 0.3 is 0 Å². The van der Waals surface area contributed by atoms with Crippen molar-refractivity contribution in [1.29, 1.82) is 0 Å². The van der Waals surface area contributed by atoms with Gasteiger partial charge in [0, 0.05) is 13.0 Å². The van der Waals surface area contributed by atoms with E-state index in [1.165, 1.54) is 6.92 Å². The second-order valence-electron chi connectivity index (χ2n) is 4.84. The fraction of sp³-hybridized carbons (Fsp3) is 0.357. The standard InChI is InChI=1S/C14H16N2O4S/c1-3-8-21(19,20)9-12-14(10(2)17)16(18)13-7-5-4-6-11(13)15-12/h4-7H,3,8-9H2,1-2H3.